The van der Waals surface area contributed by atoms with Gasteiger partial charge in [0.05, 0.1) is 0 Å². The molecule has 2 rings (SSSR count). The second-order valence-corrected chi connectivity index (χ2v) is 6.00. The maximum Gasteiger partial charge on any atom is 0.0342 e. The molecule has 0 bridgehead atoms. The lowest BCUT2D eigenvalue weighted by Crippen LogP contribution is -2.42. The van der Waals surface area contributed by atoms with E-state index >= 15 is 0 Å². The van der Waals surface area contributed by atoms with Crippen molar-refractivity contribution in [1.82, 2.24) is 4.90 Å². The Bertz CT molecular complexity index is 371. The van der Waals surface area contributed by atoms with Crippen LogP contribution in [0.1, 0.15) is 45.1 Å². The van der Waals surface area contributed by atoms with Gasteiger partial charge < -0.3 is 10.2 Å². The van der Waals surface area contributed by atoms with Crippen LogP contribution in [0.2, 0.25) is 0 Å². The number of benzene rings is 1. The molecule has 1 saturated heterocycles. The van der Waals surface area contributed by atoms with Crippen LogP contribution in [0, 0.1) is 0 Å². The summed E-state index contributed by atoms with van der Waals surface area (Å²) in [5.74, 6) is 0. The largest absolute Gasteiger partial charge is 0.382 e. The molecule has 0 spiro atoms. The average molecular weight is 260 g/mol. The molecule has 2 nitrogen and oxygen atoms in total. The summed E-state index contributed by atoms with van der Waals surface area (Å²) in [5.41, 5.74) is 2.74. The van der Waals surface area contributed by atoms with Crippen molar-refractivity contribution < 1.29 is 0 Å². The molecule has 106 valence electrons. The van der Waals surface area contributed by atoms with Gasteiger partial charge in [-0.3, -0.25) is 0 Å². The van der Waals surface area contributed by atoms with E-state index in [1.54, 1.807) is 0 Å². The van der Waals surface area contributed by atoms with Crippen LogP contribution in [0.15, 0.2) is 24.3 Å². The van der Waals surface area contributed by atoms with Gasteiger partial charge in [-0.1, -0.05) is 25.5 Å². The SMILES string of the molecule is CCCCc1ccc(NC2CCN(C)C(C)C2)cc1. The number of nitrogens with zero attached hydrogens (tertiary/aromatic N) is 1. The van der Waals surface area contributed by atoms with Crippen molar-refractivity contribution >= 4 is 5.69 Å². The third-order valence-corrected chi connectivity index (χ3v) is 4.35. The highest BCUT2D eigenvalue weighted by Crippen LogP contribution is 2.20. The maximum absolute atomic E-state index is 3.69. The Labute approximate surface area is 118 Å². The van der Waals surface area contributed by atoms with Crippen molar-refractivity contribution in [2.45, 2.75) is 58.0 Å². The number of hydrogen-bond donors (Lipinski definition) is 1. The van der Waals surface area contributed by atoms with Gasteiger partial charge in [-0.05, 0) is 57.4 Å². The van der Waals surface area contributed by atoms with E-state index < -0.39 is 0 Å². The zero-order valence-corrected chi connectivity index (χ0v) is 12.7. The highest BCUT2D eigenvalue weighted by molar-refractivity contribution is 5.45. The number of likely N-dealkylation sites (tertiary alicyclic amines) is 1. The fourth-order valence-corrected chi connectivity index (χ4v) is 2.80. The van der Waals surface area contributed by atoms with Crippen molar-refractivity contribution in [3.63, 3.8) is 0 Å². The number of piperidine rings is 1. The minimum atomic E-state index is 0.632. The van der Waals surface area contributed by atoms with Gasteiger partial charge in [0.15, 0.2) is 0 Å². The summed E-state index contributed by atoms with van der Waals surface area (Å²) < 4.78 is 0. The zero-order chi connectivity index (χ0) is 13.7. The van der Waals surface area contributed by atoms with Crippen molar-refractivity contribution in [1.29, 1.82) is 0 Å². The molecule has 2 atom stereocenters. The Hall–Kier alpha value is -1.02. The number of unbranched alkanes of at least 4 members (excludes halogenated alkanes) is 1. The van der Waals surface area contributed by atoms with Gasteiger partial charge in [-0.25, -0.2) is 0 Å². The Morgan fingerprint density at radius 3 is 2.63 bits per heavy atom. The Morgan fingerprint density at radius 2 is 2.00 bits per heavy atom. The molecule has 19 heavy (non-hydrogen) atoms. The van der Waals surface area contributed by atoms with Crippen molar-refractivity contribution in [3.8, 4) is 0 Å². The summed E-state index contributed by atoms with van der Waals surface area (Å²) in [5, 5.41) is 3.69. The van der Waals surface area contributed by atoms with E-state index in [0.29, 0.717) is 12.1 Å². The molecule has 2 heteroatoms. The minimum Gasteiger partial charge on any atom is -0.382 e. The van der Waals surface area contributed by atoms with Gasteiger partial charge in [0, 0.05) is 24.3 Å². The van der Waals surface area contributed by atoms with E-state index in [4.69, 9.17) is 0 Å². The summed E-state index contributed by atoms with van der Waals surface area (Å²) in [6.45, 7) is 5.77. The zero-order valence-electron chi connectivity index (χ0n) is 12.7. The molecule has 0 aliphatic carbocycles. The first-order chi connectivity index (χ1) is 9.19. The van der Waals surface area contributed by atoms with Gasteiger partial charge in [0.1, 0.15) is 0 Å². The molecule has 1 aromatic rings. The number of nitrogens with one attached hydrogen (secondary N) is 1. The molecule has 0 amide bonds. The van der Waals surface area contributed by atoms with Gasteiger partial charge in [0.2, 0.25) is 0 Å². The molecule has 1 N–H and O–H groups in total. The molecule has 1 fully saturated rings. The Morgan fingerprint density at radius 1 is 1.26 bits per heavy atom. The molecule has 0 aromatic heterocycles. The Kier molecular flexibility index (Phi) is 5.26. The topological polar surface area (TPSA) is 15.3 Å². The van der Waals surface area contributed by atoms with Gasteiger partial charge in [-0.2, -0.15) is 0 Å². The quantitative estimate of drug-likeness (QED) is 0.863. The maximum atomic E-state index is 3.69. The first-order valence-corrected chi connectivity index (χ1v) is 7.74. The van der Waals surface area contributed by atoms with Crippen LogP contribution in [0.4, 0.5) is 5.69 Å². The van der Waals surface area contributed by atoms with E-state index in [2.05, 4.69) is 55.4 Å². The summed E-state index contributed by atoms with van der Waals surface area (Å²) in [6.07, 6.45) is 6.27. The third-order valence-electron chi connectivity index (χ3n) is 4.35. The number of rotatable bonds is 5. The monoisotopic (exact) mass is 260 g/mol. The smallest absolute Gasteiger partial charge is 0.0342 e. The van der Waals surface area contributed by atoms with Gasteiger partial charge in [0.25, 0.3) is 0 Å². The highest BCUT2D eigenvalue weighted by Gasteiger charge is 2.22. The van der Waals surface area contributed by atoms with Crippen LogP contribution in [-0.4, -0.2) is 30.6 Å². The summed E-state index contributed by atoms with van der Waals surface area (Å²) in [7, 11) is 2.23. The van der Waals surface area contributed by atoms with E-state index in [1.807, 2.05) is 0 Å². The second-order valence-electron chi connectivity index (χ2n) is 6.00. The average Bonchev–Trinajstić information content (AvgIpc) is 2.42. The standard InChI is InChI=1S/C17H28N2/c1-4-5-6-15-7-9-16(10-8-15)18-17-11-12-19(3)14(2)13-17/h7-10,14,17-18H,4-6,11-13H2,1-3H3. The van der Waals surface area contributed by atoms with Gasteiger partial charge in [-0.15, -0.1) is 0 Å². The minimum absolute atomic E-state index is 0.632. The van der Waals surface area contributed by atoms with Crippen LogP contribution >= 0.6 is 0 Å². The fraction of sp³-hybridized carbons (Fsp3) is 0.647. The predicted molar refractivity (Wildman–Crippen MR) is 83.8 cm³/mol. The molecule has 0 saturated carbocycles. The van der Waals surface area contributed by atoms with Crippen LogP contribution in [0.25, 0.3) is 0 Å². The first kappa shape index (κ1) is 14.4. The second kappa shape index (κ2) is 6.95. The molecule has 1 aliphatic heterocycles. The van der Waals surface area contributed by atoms with Crippen LogP contribution < -0.4 is 5.32 Å². The highest BCUT2D eigenvalue weighted by atomic mass is 15.1. The van der Waals surface area contributed by atoms with Crippen molar-refractivity contribution in [2.75, 3.05) is 18.9 Å². The number of aryl methyl sites for hydroxylation is 1. The first-order valence-electron chi connectivity index (χ1n) is 7.74. The Balaban J connectivity index is 1.85. The lowest BCUT2D eigenvalue weighted by Gasteiger charge is -2.35. The lowest BCUT2D eigenvalue weighted by atomic mass is 9.98. The number of anilines is 1. The van der Waals surface area contributed by atoms with Crippen molar-refractivity contribution in [3.05, 3.63) is 29.8 Å². The van der Waals surface area contributed by atoms with Gasteiger partial charge >= 0.3 is 0 Å². The lowest BCUT2D eigenvalue weighted by molar-refractivity contribution is 0.190. The molecule has 0 radical (unpaired) electrons. The molecular formula is C17H28N2. The normalized spacial score (nSPS) is 24.4. The van der Waals surface area contributed by atoms with E-state index in [1.165, 1.54) is 49.9 Å². The van der Waals surface area contributed by atoms with Crippen LogP contribution in [-0.2, 0) is 6.42 Å². The third kappa shape index (κ3) is 4.24. The fourth-order valence-electron chi connectivity index (χ4n) is 2.80. The molecule has 1 aliphatic rings. The summed E-state index contributed by atoms with van der Waals surface area (Å²) in [6, 6.07) is 10.4. The number of hydrogen-bond acceptors (Lipinski definition) is 2. The molecule has 1 heterocycles. The van der Waals surface area contributed by atoms with E-state index in [0.717, 1.165) is 0 Å². The molecule has 2 unspecified atom stereocenters. The summed E-state index contributed by atoms with van der Waals surface area (Å²) >= 11 is 0. The van der Waals surface area contributed by atoms with Crippen molar-refractivity contribution in [2.24, 2.45) is 0 Å². The molecule has 1 aromatic carbocycles. The van der Waals surface area contributed by atoms with E-state index in [-0.39, 0.29) is 0 Å². The van der Waals surface area contributed by atoms with Crippen LogP contribution in [0.5, 0.6) is 0 Å². The predicted octanol–water partition coefficient (Wildman–Crippen LogP) is 3.92. The van der Waals surface area contributed by atoms with E-state index in [9.17, 15) is 0 Å². The van der Waals surface area contributed by atoms with Crippen LogP contribution in [0.3, 0.4) is 0 Å². The molecular weight excluding hydrogens is 232 g/mol. The summed E-state index contributed by atoms with van der Waals surface area (Å²) in [4.78, 5) is 2.45.